The first-order chi connectivity index (χ1) is 7.99. The van der Waals surface area contributed by atoms with Crippen LogP contribution in [0.4, 0.5) is 15.8 Å². The zero-order chi connectivity index (χ0) is 13.0. The number of nitrogens with zero attached hydrogens (tertiary/aromatic N) is 1. The van der Waals surface area contributed by atoms with Crippen molar-refractivity contribution in [1.82, 2.24) is 0 Å². The van der Waals surface area contributed by atoms with Gasteiger partial charge in [0.15, 0.2) is 0 Å². The molecule has 0 bridgehead atoms. The second kappa shape index (κ2) is 6.07. The summed E-state index contributed by atoms with van der Waals surface area (Å²) in [6, 6.07) is 1.29. The van der Waals surface area contributed by atoms with E-state index in [2.05, 4.69) is 5.32 Å². The molecule has 0 fully saturated rings. The molecule has 0 radical (unpaired) electrons. The molecule has 0 saturated carbocycles. The third-order valence-electron chi connectivity index (χ3n) is 2.04. The number of rotatable bonds is 5. The van der Waals surface area contributed by atoms with Crippen molar-refractivity contribution in [2.24, 2.45) is 0 Å². The topological polar surface area (TPSA) is 95.6 Å². The van der Waals surface area contributed by atoms with Gasteiger partial charge in [0.2, 0.25) is 0 Å². The van der Waals surface area contributed by atoms with Crippen molar-refractivity contribution in [2.45, 2.75) is 6.04 Å². The molecule has 0 amide bonds. The van der Waals surface area contributed by atoms with Gasteiger partial charge in [-0.05, 0) is 22.6 Å². The second-order valence-electron chi connectivity index (χ2n) is 3.25. The third kappa shape index (κ3) is 3.48. The third-order valence-corrected chi connectivity index (χ3v) is 2.86. The summed E-state index contributed by atoms with van der Waals surface area (Å²) in [6.07, 6.45) is 0. The van der Waals surface area contributed by atoms with Gasteiger partial charge in [-0.2, -0.15) is 0 Å². The van der Waals surface area contributed by atoms with E-state index in [0.717, 1.165) is 12.1 Å². The number of nitro groups is 1. The van der Waals surface area contributed by atoms with Crippen molar-refractivity contribution in [3.8, 4) is 0 Å². The normalized spacial score (nSPS) is 10.6. The van der Waals surface area contributed by atoms with Crippen LogP contribution in [0.3, 0.4) is 0 Å². The smallest absolute Gasteiger partial charge is 0.293 e. The molecule has 6 nitrogen and oxygen atoms in total. The van der Waals surface area contributed by atoms with Gasteiger partial charge in [0.25, 0.3) is 5.69 Å². The molecule has 3 N–H and O–H groups in total. The molecule has 0 atom stereocenters. The summed E-state index contributed by atoms with van der Waals surface area (Å²) < 4.78 is 13.4. The van der Waals surface area contributed by atoms with Gasteiger partial charge in [0.05, 0.1) is 27.7 Å². The average Bonchev–Trinajstić information content (AvgIpc) is 2.29. The van der Waals surface area contributed by atoms with E-state index >= 15 is 0 Å². The van der Waals surface area contributed by atoms with Crippen molar-refractivity contribution in [3.63, 3.8) is 0 Å². The molecule has 1 aromatic carbocycles. The van der Waals surface area contributed by atoms with E-state index in [9.17, 15) is 14.5 Å². The maximum absolute atomic E-state index is 13.3. The van der Waals surface area contributed by atoms with Crippen LogP contribution >= 0.6 is 22.6 Å². The molecule has 94 valence electrons. The van der Waals surface area contributed by atoms with Crippen LogP contribution in [0.5, 0.6) is 0 Å². The Bertz CT molecular complexity index is 426. The monoisotopic (exact) mass is 356 g/mol. The van der Waals surface area contributed by atoms with Gasteiger partial charge in [-0.25, -0.2) is 4.39 Å². The molecular formula is C9H10FIN2O4. The van der Waals surface area contributed by atoms with E-state index in [1.54, 1.807) is 22.6 Å². The fourth-order valence-electron chi connectivity index (χ4n) is 1.17. The highest BCUT2D eigenvalue weighted by molar-refractivity contribution is 14.1. The fraction of sp³-hybridized carbons (Fsp3) is 0.333. The van der Waals surface area contributed by atoms with Crippen molar-refractivity contribution < 1.29 is 19.5 Å². The largest absolute Gasteiger partial charge is 0.394 e. The molecule has 0 aromatic heterocycles. The number of nitro benzene ring substituents is 1. The van der Waals surface area contributed by atoms with Crippen LogP contribution in [-0.4, -0.2) is 34.4 Å². The summed E-state index contributed by atoms with van der Waals surface area (Å²) in [5.74, 6) is -0.603. The predicted octanol–water partition coefficient (Wildman–Crippen LogP) is 1.10. The molecule has 17 heavy (non-hydrogen) atoms. The van der Waals surface area contributed by atoms with E-state index in [1.165, 1.54) is 0 Å². The Balaban J connectivity index is 3.12. The van der Waals surface area contributed by atoms with Gasteiger partial charge in [0, 0.05) is 12.1 Å². The predicted molar refractivity (Wildman–Crippen MR) is 67.4 cm³/mol. The lowest BCUT2D eigenvalue weighted by atomic mass is 10.2. The van der Waals surface area contributed by atoms with Crippen LogP contribution in [0.2, 0.25) is 0 Å². The maximum atomic E-state index is 13.3. The number of hydrogen-bond donors (Lipinski definition) is 3. The van der Waals surface area contributed by atoms with Crippen molar-refractivity contribution in [3.05, 3.63) is 31.6 Å². The summed E-state index contributed by atoms with van der Waals surface area (Å²) in [5.41, 5.74) is -0.372. The van der Waals surface area contributed by atoms with E-state index in [0.29, 0.717) is 0 Å². The molecular weight excluding hydrogens is 346 g/mol. The first kappa shape index (κ1) is 14.1. The zero-order valence-electron chi connectivity index (χ0n) is 8.56. The molecule has 8 heteroatoms. The molecule has 0 spiro atoms. The van der Waals surface area contributed by atoms with Gasteiger partial charge < -0.3 is 15.5 Å². The number of nitrogens with one attached hydrogen (secondary N) is 1. The number of anilines is 1. The zero-order valence-corrected chi connectivity index (χ0v) is 10.7. The van der Waals surface area contributed by atoms with Crippen LogP contribution in [0.25, 0.3) is 0 Å². The van der Waals surface area contributed by atoms with E-state index in [1.807, 2.05) is 0 Å². The minimum atomic E-state index is -0.770. The molecule has 1 aromatic rings. The number of halogens is 2. The van der Waals surface area contributed by atoms with Crippen molar-refractivity contribution >= 4 is 34.0 Å². The summed E-state index contributed by atoms with van der Waals surface area (Å²) >= 11 is 1.65. The number of hydrogen-bond acceptors (Lipinski definition) is 5. The fourth-order valence-corrected chi connectivity index (χ4v) is 1.62. The number of benzene rings is 1. The van der Waals surface area contributed by atoms with Crippen LogP contribution in [0.15, 0.2) is 12.1 Å². The molecule has 0 aliphatic heterocycles. The highest BCUT2D eigenvalue weighted by Crippen LogP contribution is 2.29. The first-order valence-corrected chi connectivity index (χ1v) is 5.69. The quantitative estimate of drug-likeness (QED) is 0.417. The Labute approximate surface area is 110 Å². The average molecular weight is 356 g/mol. The molecule has 0 aliphatic carbocycles. The highest BCUT2D eigenvalue weighted by atomic mass is 127. The lowest BCUT2D eigenvalue weighted by Crippen LogP contribution is -2.28. The molecule has 0 saturated heterocycles. The van der Waals surface area contributed by atoms with Crippen LogP contribution in [-0.2, 0) is 0 Å². The van der Waals surface area contributed by atoms with E-state index in [-0.39, 0.29) is 14.9 Å². The molecule has 0 heterocycles. The lowest BCUT2D eigenvalue weighted by Gasteiger charge is -2.15. The van der Waals surface area contributed by atoms with Crippen molar-refractivity contribution in [1.29, 1.82) is 0 Å². The standard InChI is InChI=1S/C9H10FIN2O4/c10-6-1-8(12-5(3-14)4-15)9(13(16)17)2-7(6)11/h1-2,5,12,14-15H,3-4H2. The first-order valence-electron chi connectivity index (χ1n) is 4.61. The molecule has 0 aliphatic rings. The summed E-state index contributed by atoms with van der Waals surface area (Å²) in [5, 5.41) is 31.0. The van der Waals surface area contributed by atoms with Crippen molar-refractivity contribution in [2.75, 3.05) is 18.5 Å². The van der Waals surface area contributed by atoms with E-state index in [4.69, 9.17) is 10.2 Å². The Kier molecular flexibility index (Phi) is 5.02. The summed E-state index contributed by atoms with van der Waals surface area (Å²) in [6.45, 7) is -0.831. The van der Waals surface area contributed by atoms with Gasteiger partial charge in [0.1, 0.15) is 11.5 Å². The Hall–Kier alpha value is -1.00. The summed E-state index contributed by atoms with van der Waals surface area (Å²) in [4.78, 5) is 10.1. The molecule has 0 unspecified atom stereocenters. The number of aliphatic hydroxyl groups is 2. The molecule has 1 rings (SSSR count). The number of aliphatic hydroxyl groups excluding tert-OH is 2. The lowest BCUT2D eigenvalue weighted by molar-refractivity contribution is -0.384. The minimum absolute atomic E-state index is 0.0685. The second-order valence-corrected chi connectivity index (χ2v) is 4.41. The van der Waals surface area contributed by atoms with Gasteiger partial charge in [-0.1, -0.05) is 0 Å². The Morgan fingerprint density at radius 1 is 1.47 bits per heavy atom. The summed E-state index contributed by atoms with van der Waals surface area (Å²) in [7, 11) is 0. The van der Waals surface area contributed by atoms with Gasteiger partial charge in [-0.15, -0.1) is 0 Å². The van der Waals surface area contributed by atoms with Crippen LogP contribution in [0, 0.1) is 19.5 Å². The highest BCUT2D eigenvalue weighted by Gasteiger charge is 2.19. The van der Waals surface area contributed by atoms with Gasteiger partial charge in [-0.3, -0.25) is 10.1 Å². The Morgan fingerprint density at radius 2 is 2.06 bits per heavy atom. The van der Waals surface area contributed by atoms with Crippen LogP contribution < -0.4 is 5.32 Å². The van der Waals surface area contributed by atoms with Gasteiger partial charge >= 0.3 is 0 Å². The maximum Gasteiger partial charge on any atom is 0.293 e. The van der Waals surface area contributed by atoms with E-state index < -0.39 is 30.0 Å². The SMILES string of the molecule is O=[N+]([O-])c1cc(I)c(F)cc1NC(CO)CO. The van der Waals surface area contributed by atoms with Crippen LogP contribution in [0.1, 0.15) is 0 Å². The minimum Gasteiger partial charge on any atom is -0.394 e. The Morgan fingerprint density at radius 3 is 2.53 bits per heavy atom.